The molecule has 0 radical (unpaired) electrons. The summed E-state index contributed by atoms with van der Waals surface area (Å²) in [7, 11) is 0. The quantitative estimate of drug-likeness (QED) is 0.874. The van der Waals surface area contributed by atoms with Crippen molar-refractivity contribution >= 4 is 39.1 Å². The zero-order chi connectivity index (χ0) is 14.7. The summed E-state index contributed by atoms with van der Waals surface area (Å²) in [6, 6.07) is 7.43. The summed E-state index contributed by atoms with van der Waals surface area (Å²) in [5.41, 5.74) is 3.01. The van der Waals surface area contributed by atoms with E-state index in [1.165, 1.54) is 6.20 Å². The SMILES string of the molecule is CCc1cc(Br)ccc1NC(=O)c1cnc(C)cc1Cl. The number of nitrogens with zero attached hydrogens (tertiary/aromatic N) is 1. The van der Waals surface area contributed by atoms with Gasteiger partial charge in [0.2, 0.25) is 0 Å². The van der Waals surface area contributed by atoms with Crippen LogP contribution in [0.2, 0.25) is 5.02 Å². The van der Waals surface area contributed by atoms with Crippen LogP contribution in [0.5, 0.6) is 0 Å². The van der Waals surface area contributed by atoms with Crippen LogP contribution in [0.4, 0.5) is 5.69 Å². The maximum Gasteiger partial charge on any atom is 0.258 e. The third kappa shape index (κ3) is 3.38. The fourth-order valence-electron chi connectivity index (χ4n) is 1.86. The number of benzene rings is 1. The van der Waals surface area contributed by atoms with Gasteiger partial charge in [0.05, 0.1) is 10.6 Å². The summed E-state index contributed by atoms with van der Waals surface area (Å²) in [4.78, 5) is 16.4. The Labute approximate surface area is 131 Å². The van der Waals surface area contributed by atoms with E-state index in [0.29, 0.717) is 10.6 Å². The lowest BCUT2D eigenvalue weighted by Crippen LogP contribution is -2.14. The minimum Gasteiger partial charge on any atom is -0.322 e. The third-order valence-electron chi connectivity index (χ3n) is 2.93. The summed E-state index contributed by atoms with van der Waals surface area (Å²) in [5, 5.41) is 3.29. The van der Waals surface area contributed by atoms with E-state index in [-0.39, 0.29) is 5.91 Å². The molecule has 1 N–H and O–H groups in total. The minimum absolute atomic E-state index is 0.250. The van der Waals surface area contributed by atoms with Crippen molar-refractivity contribution in [1.29, 1.82) is 0 Å². The molecule has 1 heterocycles. The van der Waals surface area contributed by atoms with Crippen molar-refractivity contribution in [3.05, 3.63) is 56.8 Å². The van der Waals surface area contributed by atoms with E-state index in [0.717, 1.165) is 27.8 Å². The molecule has 0 aliphatic carbocycles. The Morgan fingerprint density at radius 3 is 2.80 bits per heavy atom. The molecular weight excluding hydrogens is 340 g/mol. The van der Waals surface area contributed by atoms with Gasteiger partial charge in [0, 0.05) is 22.1 Å². The Bertz CT molecular complexity index is 658. The Hall–Kier alpha value is -1.39. The Kier molecular flexibility index (Phi) is 4.78. The predicted octanol–water partition coefficient (Wildman–Crippen LogP) is 4.62. The Balaban J connectivity index is 2.28. The monoisotopic (exact) mass is 352 g/mol. The molecule has 1 aromatic carbocycles. The van der Waals surface area contributed by atoms with Crippen LogP contribution >= 0.6 is 27.5 Å². The molecule has 2 aromatic rings. The molecule has 0 unspecified atom stereocenters. The smallest absolute Gasteiger partial charge is 0.258 e. The van der Waals surface area contributed by atoms with Gasteiger partial charge in [0.25, 0.3) is 5.91 Å². The maximum absolute atomic E-state index is 12.3. The molecule has 0 fully saturated rings. The van der Waals surface area contributed by atoms with E-state index < -0.39 is 0 Å². The van der Waals surface area contributed by atoms with Crippen LogP contribution in [-0.2, 0) is 6.42 Å². The molecule has 0 bridgehead atoms. The Morgan fingerprint density at radius 1 is 1.40 bits per heavy atom. The molecule has 104 valence electrons. The number of pyridine rings is 1. The van der Waals surface area contributed by atoms with Gasteiger partial charge in [-0.1, -0.05) is 34.5 Å². The molecule has 2 rings (SSSR count). The highest BCUT2D eigenvalue weighted by Crippen LogP contribution is 2.23. The first kappa shape index (κ1) is 15.0. The van der Waals surface area contributed by atoms with Crippen LogP contribution in [-0.4, -0.2) is 10.9 Å². The fraction of sp³-hybridized carbons (Fsp3) is 0.200. The van der Waals surface area contributed by atoms with E-state index in [1.807, 2.05) is 32.0 Å². The lowest BCUT2D eigenvalue weighted by molar-refractivity contribution is 0.102. The van der Waals surface area contributed by atoms with Gasteiger partial charge in [-0.05, 0) is 43.2 Å². The lowest BCUT2D eigenvalue weighted by Gasteiger charge is -2.11. The molecule has 0 atom stereocenters. The molecule has 0 aliphatic rings. The van der Waals surface area contributed by atoms with Gasteiger partial charge < -0.3 is 5.32 Å². The Morgan fingerprint density at radius 2 is 2.15 bits per heavy atom. The van der Waals surface area contributed by atoms with Crippen LogP contribution in [0.15, 0.2) is 34.9 Å². The average Bonchev–Trinajstić information content (AvgIpc) is 2.40. The number of halogens is 2. The second-order valence-electron chi connectivity index (χ2n) is 4.41. The molecule has 0 saturated heterocycles. The lowest BCUT2D eigenvalue weighted by atomic mass is 10.1. The molecule has 1 aromatic heterocycles. The van der Waals surface area contributed by atoms with Crippen molar-refractivity contribution in [2.75, 3.05) is 5.32 Å². The predicted molar refractivity (Wildman–Crippen MR) is 85.5 cm³/mol. The molecular formula is C15H14BrClN2O. The summed E-state index contributed by atoms with van der Waals surface area (Å²) >= 11 is 9.51. The second-order valence-corrected chi connectivity index (χ2v) is 5.74. The van der Waals surface area contributed by atoms with Crippen molar-refractivity contribution in [2.45, 2.75) is 20.3 Å². The molecule has 0 spiro atoms. The molecule has 1 amide bonds. The summed E-state index contributed by atoms with van der Waals surface area (Å²) in [6.07, 6.45) is 2.33. The second kappa shape index (κ2) is 6.37. The number of rotatable bonds is 3. The normalized spacial score (nSPS) is 10.4. The topological polar surface area (TPSA) is 42.0 Å². The number of amides is 1. The number of hydrogen-bond acceptors (Lipinski definition) is 2. The number of aromatic nitrogens is 1. The first-order chi connectivity index (χ1) is 9.51. The number of aryl methyl sites for hydroxylation is 2. The van der Waals surface area contributed by atoms with Crippen molar-refractivity contribution in [2.24, 2.45) is 0 Å². The summed E-state index contributed by atoms with van der Waals surface area (Å²) in [6.45, 7) is 3.87. The number of hydrogen-bond donors (Lipinski definition) is 1. The van der Waals surface area contributed by atoms with Gasteiger partial charge in [-0.3, -0.25) is 9.78 Å². The fourth-order valence-corrected chi connectivity index (χ4v) is 2.56. The van der Waals surface area contributed by atoms with Crippen molar-refractivity contribution in [1.82, 2.24) is 4.98 Å². The highest BCUT2D eigenvalue weighted by molar-refractivity contribution is 9.10. The van der Waals surface area contributed by atoms with E-state index in [1.54, 1.807) is 6.07 Å². The van der Waals surface area contributed by atoms with Crippen molar-refractivity contribution in [3.8, 4) is 0 Å². The number of carbonyl (C=O) groups excluding carboxylic acids is 1. The van der Waals surface area contributed by atoms with E-state index in [2.05, 4.69) is 26.2 Å². The molecule has 0 saturated carbocycles. The maximum atomic E-state index is 12.3. The largest absolute Gasteiger partial charge is 0.322 e. The van der Waals surface area contributed by atoms with Crippen LogP contribution in [0.25, 0.3) is 0 Å². The minimum atomic E-state index is -0.250. The highest BCUT2D eigenvalue weighted by Gasteiger charge is 2.13. The van der Waals surface area contributed by atoms with Crippen molar-refractivity contribution < 1.29 is 4.79 Å². The van der Waals surface area contributed by atoms with Gasteiger partial charge in [-0.2, -0.15) is 0 Å². The van der Waals surface area contributed by atoms with Crippen LogP contribution in [0.1, 0.15) is 28.5 Å². The standard InChI is InChI=1S/C15H14BrClN2O/c1-3-10-7-11(16)4-5-14(10)19-15(20)12-8-18-9(2)6-13(12)17/h4-8H,3H2,1-2H3,(H,19,20). The van der Waals surface area contributed by atoms with E-state index >= 15 is 0 Å². The number of anilines is 1. The zero-order valence-corrected chi connectivity index (χ0v) is 13.5. The third-order valence-corrected chi connectivity index (χ3v) is 3.74. The van der Waals surface area contributed by atoms with Crippen LogP contribution < -0.4 is 5.32 Å². The average molecular weight is 354 g/mol. The van der Waals surface area contributed by atoms with Crippen LogP contribution in [0.3, 0.4) is 0 Å². The number of nitrogens with one attached hydrogen (secondary N) is 1. The molecule has 5 heteroatoms. The first-order valence-corrected chi connectivity index (χ1v) is 7.40. The van der Waals surface area contributed by atoms with Crippen LogP contribution in [0, 0.1) is 6.92 Å². The molecule has 0 aliphatic heterocycles. The van der Waals surface area contributed by atoms with E-state index in [9.17, 15) is 4.79 Å². The van der Waals surface area contributed by atoms with Gasteiger partial charge >= 0.3 is 0 Å². The van der Waals surface area contributed by atoms with Gasteiger partial charge in [-0.25, -0.2) is 0 Å². The van der Waals surface area contributed by atoms with Crippen molar-refractivity contribution in [3.63, 3.8) is 0 Å². The highest BCUT2D eigenvalue weighted by atomic mass is 79.9. The summed E-state index contributed by atoms with van der Waals surface area (Å²) < 4.78 is 0.988. The van der Waals surface area contributed by atoms with Gasteiger partial charge in [0.1, 0.15) is 0 Å². The zero-order valence-electron chi connectivity index (χ0n) is 11.2. The molecule has 20 heavy (non-hydrogen) atoms. The number of carbonyl (C=O) groups is 1. The van der Waals surface area contributed by atoms with Gasteiger partial charge in [0.15, 0.2) is 0 Å². The summed E-state index contributed by atoms with van der Waals surface area (Å²) in [5.74, 6) is -0.250. The first-order valence-electron chi connectivity index (χ1n) is 6.23. The van der Waals surface area contributed by atoms with Gasteiger partial charge in [-0.15, -0.1) is 0 Å². The molecule has 3 nitrogen and oxygen atoms in total. The van der Waals surface area contributed by atoms with E-state index in [4.69, 9.17) is 11.6 Å².